The summed E-state index contributed by atoms with van der Waals surface area (Å²) in [6, 6.07) is 11.3. The number of carbonyl (C=O) groups is 1. The molecule has 2 rings (SSSR count). The van der Waals surface area contributed by atoms with Crippen molar-refractivity contribution in [1.82, 2.24) is 4.90 Å². The van der Waals surface area contributed by atoms with E-state index < -0.39 is 0 Å². The van der Waals surface area contributed by atoms with Gasteiger partial charge in [-0.3, -0.25) is 4.79 Å². The first-order chi connectivity index (χ1) is 9.54. The number of rotatable bonds is 5. The monoisotopic (exact) mass is 336 g/mol. The summed E-state index contributed by atoms with van der Waals surface area (Å²) in [5.41, 5.74) is 7.52. The second kappa shape index (κ2) is 6.61. The molecule has 0 aliphatic heterocycles. The van der Waals surface area contributed by atoms with Crippen LogP contribution in [-0.4, -0.2) is 17.9 Å². The van der Waals surface area contributed by atoms with Crippen LogP contribution in [0.1, 0.15) is 17.7 Å². The van der Waals surface area contributed by atoms with Crippen LogP contribution in [0.15, 0.2) is 45.5 Å². The number of carbonyl (C=O) groups excluding carboxylic acids is 1. The number of amides is 1. The third-order valence-corrected chi connectivity index (χ3v) is 3.45. The van der Waals surface area contributed by atoms with E-state index >= 15 is 0 Å². The number of hydrogen-bond acceptors (Lipinski definition) is 3. The second-order valence-electron chi connectivity index (χ2n) is 4.70. The van der Waals surface area contributed by atoms with Gasteiger partial charge < -0.3 is 15.1 Å². The molecule has 0 aliphatic carbocycles. The molecule has 1 aromatic carbocycles. The zero-order valence-electron chi connectivity index (χ0n) is 11.3. The minimum absolute atomic E-state index is 0.0833. The van der Waals surface area contributed by atoms with Crippen LogP contribution >= 0.6 is 15.9 Å². The number of benzene rings is 1. The van der Waals surface area contributed by atoms with Gasteiger partial charge in [0.2, 0.25) is 5.91 Å². The van der Waals surface area contributed by atoms with Crippen molar-refractivity contribution < 1.29 is 9.21 Å². The highest BCUT2D eigenvalue weighted by atomic mass is 79.9. The fraction of sp³-hybridized carbons (Fsp3) is 0.267. The Morgan fingerprint density at radius 1 is 1.35 bits per heavy atom. The topological polar surface area (TPSA) is 59.5 Å². The summed E-state index contributed by atoms with van der Waals surface area (Å²) < 4.78 is 6.06. The average Bonchev–Trinajstić information content (AvgIpc) is 2.81. The Morgan fingerprint density at radius 2 is 2.15 bits per heavy atom. The molecule has 2 aromatic rings. The second-order valence-corrected chi connectivity index (χ2v) is 5.48. The average molecular weight is 337 g/mol. The summed E-state index contributed by atoms with van der Waals surface area (Å²) >= 11 is 3.25. The zero-order chi connectivity index (χ0) is 14.5. The van der Waals surface area contributed by atoms with E-state index in [9.17, 15) is 4.79 Å². The molecule has 0 spiro atoms. The van der Waals surface area contributed by atoms with Gasteiger partial charge in [0.25, 0.3) is 0 Å². The van der Waals surface area contributed by atoms with Gasteiger partial charge in [-0.15, -0.1) is 0 Å². The summed E-state index contributed by atoms with van der Waals surface area (Å²) in [5.74, 6) is 0.844. The Hall–Kier alpha value is -1.75. The van der Waals surface area contributed by atoms with Crippen LogP contribution in [0.3, 0.4) is 0 Å². The normalized spacial score (nSPS) is 10.5. The van der Waals surface area contributed by atoms with Crippen LogP contribution in [-0.2, 0) is 17.8 Å². The van der Waals surface area contributed by atoms with Crippen molar-refractivity contribution in [2.24, 2.45) is 0 Å². The van der Waals surface area contributed by atoms with Crippen LogP contribution in [0.25, 0.3) is 0 Å². The number of nitrogen functional groups attached to an aromatic ring is 1. The van der Waals surface area contributed by atoms with Crippen molar-refractivity contribution in [3.05, 3.63) is 52.4 Å². The van der Waals surface area contributed by atoms with E-state index in [1.54, 1.807) is 11.9 Å². The predicted molar refractivity (Wildman–Crippen MR) is 82.1 cm³/mol. The van der Waals surface area contributed by atoms with Crippen molar-refractivity contribution in [2.75, 3.05) is 12.8 Å². The Bertz CT molecular complexity index is 595. The highest BCUT2D eigenvalue weighted by Crippen LogP contribution is 2.16. The summed E-state index contributed by atoms with van der Waals surface area (Å²) in [7, 11) is 1.78. The maximum absolute atomic E-state index is 12.1. The van der Waals surface area contributed by atoms with Crippen LogP contribution < -0.4 is 5.73 Å². The molecule has 0 saturated carbocycles. The van der Waals surface area contributed by atoms with Gasteiger partial charge in [-0.05, 0) is 52.2 Å². The molecule has 0 aliphatic rings. The van der Waals surface area contributed by atoms with Crippen LogP contribution in [0.4, 0.5) is 5.69 Å². The van der Waals surface area contributed by atoms with E-state index in [4.69, 9.17) is 10.2 Å². The van der Waals surface area contributed by atoms with Gasteiger partial charge in [0.15, 0.2) is 4.67 Å². The minimum atomic E-state index is 0.0833. The molecule has 1 aromatic heterocycles. The minimum Gasteiger partial charge on any atom is -0.452 e. The van der Waals surface area contributed by atoms with E-state index in [0.29, 0.717) is 24.1 Å². The SMILES string of the molecule is CN(Cc1ccc(Br)o1)C(=O)CCc1cccc(N)c1. The molecule has 1 heterocycles. The van der Waals surface area contributed by atoms with Crippen molar-refractivity contribution in [1.29, 1.82) is 0 Å². The smallest absolute Gasteiger partial charge is 0.223 e. The largest absolute Gasteiger partial charge is 0.452 e. The highest BCUT2D eigenvalue weighted by Gasteiger charge is 2.11. The lowest BCUT2D eigenvalue weighted by Gasteiger charge is -2.15. The molecule has 1 amide bonds. The highest BCUT2D eigenvalue weighted by molar-refractivity contribution is 9.10. The number of furan rings is 1. The lowest BCUT2D eigenvalue weighted by molar-refractivity contribution is -0.130. The fourth-order valence-electron chi connectivity index (χ4n) is 1.95. The van der Waals surface area contributed by atoms with Crippen molar-refractivity contribution in [3.63, 3.8) is 0 Å². The number of nitrogens with two attached hydrogens (primary N) is 1. The predicted octanol–water partition coefficient (Wildman–Crippen LogP) is 3.22. The van der Waals surface area contributed by atoms with Crippen LogP contribution in [0.5, 0.6) is 0 Å². The van der Waals surface area contributed by atoms with Crippen LogP contribution in [0, 0.1) is 0 Å². The summed E-state index contributed by atoms with van der Waals surface area (Å²) in [6.07, 6.45) is 1.15. The summed E-state index contributed by atoms with van der Waals surface area (Å²) in [6.45, 7) is 0.474. The van der Waals surface area contributed by atoms with E-state index in [1.807, 2.05) is 36.4 Å². The van der Waals surface area contributed by atoms with Gasteiger partial charge in [-0.2, -0.15) is 0 Å². The molecule has 0 atom stereocenters. The molecule has 4 nitrogen and oxygen atoms in total. The van der Waals surface area contributed by atoms with Crippen molar-refractivity contribution in [2.45, 2.75) is 19.4 Å². The Kier molecular flexibility index (Phi) is 4.84. The first kappa shape index (κ1) is 14.7. The standard InChI is InChI=1S/C15H17BrN2O2/c1-18(10-13-6-7-14(16)20-13)15(19)8-5-11-3-2-4-12(17)9-11/h2-4,6-7,9H,5,8,10,17H2,1H3. The molecule has 0 fully saturated rings. The Morgan fingerprint density at radius 3 is 2.80 bits per heavy atom. The number of anilines is 1. The van der Waals surface area contributed by atoms with Gasteiger partial charge in [0.05, 0.1) is 6.54 Å². The molecule has 0 bridgehead atoms. The van der Waals surface area contributed by atoms with Gasteiger partial charge in [-0.25, -0.2) is 0 Å². The van der Waals surface area contributed by atoms with Gasteiger partial charge >= 0.3 is 0 Å². The quantitative estimate of drug-likeness (QED) is 0.853. The lowest BCUT2D eigenvalue weighted by Crippen LogP contribution is -2.26. The molecule has 0 radical (unpaired) electrons. The first-order valence-electron chi connectivity index (χ1n) is 6.37. The van der Waals surface area contributed by atoms with Gasteiger partial charge in [0, 0.05) is 19.2 Å². The number of halogens is 1. The maximum atomic E-state index is 12.1. The van der Waals surface area contributed by atoms with Gasteiger partial charge in [0.1, 0.15) is 5.76 Å². The van der Waals surface area contributed by atoms with Crippen molar-refractivity contribution in [3.8, 4) is 0 Å². The van der Waals surface area contributed by atoms with E-state index in [1.165, 1.54) is 0 Å². The molecular weight excluding hydrogens is 320 g/mol. The lowest BCUT2D eigenvalue weighted by atomic mass is 10.1. The van der Waals surface area contributed by atoms with E-state index in [0.717, 1.165) is 17.0 Å². The molecule has 20 heavy (non-hydrogen) atoms. The zero-order valence-corrected chi connectivity index (χ0v) is 12.9. The Balaban J connectivity index is 1.85. The number of hydrogen-bond donors (Lipinski definition) is 1. The third kappa shape index (κ3) is 4.13. The maximum Gasteiger partial charge on any atom is 0.223 e. The molecule has 5 heteroatoms. The third-order valence-electron chi connectivity index (χ3n) is 3.03. The van der Waals surface area contributed by atoms with E-state index in [-0.39, 0.29) is 5.91 Å². The van der Waals surface area contributed by atoms with E-state index in [2.05, 4.69) is 15.9 Å². The first-order valence-corrected chi connectivity index (χ1v) is 7.16. The fourth-order valence-corrected chi connectivity index (χ4v) is 2.29. The summed E-state index contributed by atoms with van der Waals surface area (Å²) in [4.78, 5) is 13.7. The number of nitrogens with zero attached hydrogens (tertiary/aromatic N) is 1. The van der Waals surface area contributed by atoms with Gasteiger partial charge in [-0.1, -0.05) is 12.1 Å². The molecule has 0 unspecified atom stereocenters. The Labute approximate surface area is 126 Å². The molecular formula is C15H17BrN2O2. The molecule has 106 valence electrons. The molecule has 0 saturated heterocycles. The van der Waals surface area contributed by atoms with Crippen LogP contribution in [0.2, 0.25) is 0 Å². The number of aryl methyl sites for hydroxylation is 1. The van der Waals surface area contributed by atoms with Crippen molar-refractivity contribution >= 4 is 27.5 Å². The molecule has 2 N–H and O–H groups in total. The summed E-state index contributed by atoms with van der Waals surface area (Å²) in [5, 5.41) is 0.